The van der Waals surface area contributed by atoms with Crippen molar-refractivity contribution in [2.24, 2.45) is 0 Å². The predicted molar refractivity (Wildman–Crippen MR) is 75.8 cm³/mol. The van der Waals surface area contributed by atoms with E-state index in [4.69, 9.17) is 5.26 Å². The van der Waals surface area contributed by atoms with Crippen LogP contribution in [0.2, 0.25) is 0 Å². The third kappa shape index (κ3) is 3.42. The Morgan fingerprint density at radius 3 is 3.00 bits per heavy atom. The van der Waals surface area contributed by atoms with Gasteiger partial charge in [-0.1, -0.05) is 22.0 Å². The number of rotatable bonds is 3. The van der Waals surface area contributed by atoms with Gasteiger partial charge in [0.2, 0.25) is 0 Å². The lowest BCUT2D eigenvalue weighted by molar-refractivity contribution is 1.02. The Morgan fingerprint density at radius 1 is 1.47 bits per heavy atom. The number of aromatic amines is 1. The van der Waals surface area contributed by atoms with Crippen molar-refractivity contribution in [1.82, 2.24) is 9.97 Å². The van der Waals surface area contributed by atoms with Crippen LogP contribution in [-0.2, 0) is 6.54 Å². The zero-order valence-corrected chi connectivity index (χ0v) is 11.8. The maximum atomic E-state index is 11.2. The molecule has 2 rings (SSSR count). The molecule has 0 amide bonds. The van der Waals surface area contributed by atoms with Crippen molar-refractivity contribution in [2.45, 2.75) is 13.5 Å². The fraction of sp³-hybridized carbons (Fsp3) is 0.154. The lowest BCUT2D eigenvalue weighted by Gasteiger charge is -2.08. The molecule has 0 fully saturated rings. The largest absolute Gasteiger partial charge is 0.366 e. The quantitative estimate of drug-likeness (QED) is 0.910. The van der Waals surface area contributed by atoms with Crippen LogP contribution in [0.25, 0.3) is 0 Å². The van der Waals surface area contributed by atoms with Gasteiger partial charge in [0.25, 0.3) is 0 Å². The Morgan fingerprint density at radius 2 is 2.26 bits per heavy atom. The van der Waals surface area contributed by atoms with Crippen molar-refractivity contribution in [2.75, 3.05) is 5.32 Å². The number of hydrogen-bond donors (Lipinski definition) is 2. The highest BCUT2D eigenvalue weighted by atomic mass is 79.9. The summed E-state index contributed by atoms with van der Waals surface area (Å²) in [6.45, 7) is 2.54. The molecule has 0 aliphatic rings. The highest BCUT2D eigenvalue weighted by molar-refractivity contribution is 9.10. The van der Waals surface area contributed by atoms with Crippen LogP contribution in [0.15, 0.2) is 33.5 Å². The second-order valence-electron chi connectivity index (χ2n) is 4.02. The molecule has 0 aliphatic heterocycles. The minimum atomic E-state index is -0.535. The summed E-state index contributed by atoms with van der Waals surface area (Å²) in [5, 5.41) is 11.8. The van der Waals surface area contributed by atoms with Gasteiger partial charge in [0.05, 0.1) is 0 Å². The van der Waals surface area contributed by atoms with Gasteiger partial charge >= 0.3 is 5.69 Å². The minimum absolute atomic E-state index is 0.188. The van der Waals surface area contributed by atoms with Gasteiger partial charge < -0.3 is 5.32 Å². The van der Waals surface area contributed by atoms with E-state index in [0.717, 1.165) is 15.6 Å². The summed E-state index contributed by atoms with van der Waals surface area (Å²) in [7, 11) is 0. The molecular formula is C13H11BrN4O. The number of nitrogens with one attached hydrogen (secondary N) is 2. The molecule has 0 saturated heterocycles. The smallest absolute Gasteiger partial charge is 0.347 e. The van der Waals surface area contributed by atoms with E-state index in [9.17, 15) is 4.79 Å². The van der Waals surface area contributed by atoms with Gasteiger partial charge in [0, 0.05) is 17.1 Å². The first-order chi connectivity index (χ1) is 9.08. The molecule has 2 aromatic rings. The van der Waals surface area contributed by atoms with Crippen molar-refractivity contribution in [3.8, 4) is 6.07 Å². The molecule has 0 unspecified atom stereocenters. The standard InChI is InChI=1S/C13H11BrN4O/c1-8-2-3-10(14)4-9(8)7-16-12-5-11(6-15)17-13(19)18-12/h2-5H,7H2,1H3,(H2,16,17,18,19). The van der Waals surface area contributed by atoms with Gasteiger partial charge in [-0.15, -0.1) is 0 Å². The number of H-pyrrole nitrogens is 1. The summed E-state index contributed by atoms with van der Waals surface area (Å²) in [5.74, 6) is 0.389. The molecule has 0 aliphatic carbocycles. The highest BCUT2D eigenvalue weighted by Crippen LogP contribution is 2.17. The summed E-state index contributed by atoms with van der Waals surface area (Å²) in [6.07, 6.45) is 0. The van der Waals surface area contributed by atoms with Gasteiger partial charge in [-0.2, -0.15) is 10.2 Å². The molecule has 2 N–H and O–H groups in total. The average Bonchev–Trinajstić information content (AvgIpc) is 2.39. The molecule has 96 valence electrons. The molecule has 19 heavy (non-hydrogen) atoms. The second kappa shape index (κ2) is 5.67. The third-order valence-corrected chi connectivity index (χ3v) is 3.13. The Kier molecular flexibility index (Phi) is 3.97. The van der Waals surface area contributed by atoms with E-state index < -0.39 is 5.69 Å². The van der Waals surface area contributed by atoms with Gasteiger partial charge in [-0.3, -0.25) is 4.98 Å². The van der Waals surface area contributed by atoms with E-state index in [1.165, 1.54) is 6.07 Å². The summed E-state index contributed by atoms with van der Waals surface area (Å²) in [5.41, 5.74) is 1.89. The van der Waals surface area contributed by atoms with Crippen LogP contribution >= 0.6 is 15.9 Å². The Hall–Kier alpha value is -2.13. The predicted octanol–water partition coefficient (Wildman–Crippen LogP) is 2.32. The number of benzene rings is 1. The molecule has 6 heteroatoms. The first-order valence-corrected chi connectivity index (χ1v) is 6.38. The van der Waals surface area contributed by atoms with Gasteiger partial charge in [0.1, 0.15) is 17.6 Å². The van der Waals surface area contributed by atoms with Crippen LogP contribution in [0.5, 0.6) is 0 Å². The molecule has 1 aromatic carbocycles. The van der Waals surface area contributed by atoms with E-state index in [1.54, 1.807) is 0 Å². The molecule has 0 saturated carbocycles. The number of anilines is 1. The lowest BCUT2D eigenvalue weighted by Crippen LogP contribution is -2.15. The average molecular weight is 319 g/mol. The monoisotopic (exact) mass is 318 g/mol. The molecule has 0 spiro atoms. The summed E-state index contributed by atoms with van der Waals surface area (Å²) in [4.78, 5) is 17.3. The van der Waals surface area contributed by atoms with Crippen molar-refractivity contribution in [3.05, 3.63) is 56.0 Å². The third-order valence-electron chi connectivity index (χ3n) is 2.64. The number of nitriles is 1. The second-order valence-corrected chi connectivity index (χ2v) is 4.94. The van der Waals surface area contributed by atoms with E-state index in [0.29, 0.717) is 12.4 Å². The Labute approximate surface area is 118 Å². The normalized spacial score (nSPS) is 9.95. The van der Waals surface area contributed by atoms with Crippen molar-refractivity contribution in [1.29, 1.82) is 5.26 Å². The summed E-state index contributed by atoms with van der Waals surface area (Å²) in [6, 6.07) is 9.37. The number of hydrogen-bond acceptors (Lipinski definition) is 4. The molecule has 0 radical (unpaired) electrons. The summed E-state index contributed by atoms with van der Waals surface area (Å²) < 4.78 is 0.992. The fourth-order valence-corrected chi connectivity index (χ4v) is 2.03. The first kappa shape index (κ1) is 13.3. The van der Waals surface area contributed by atoms with Crippen LogP contribution < -0.4 is 11.0 Å². The molecule has 0 atom stereocenters. The molecule has 0 bridgehead atoms. The van der Waals surface area contributed by atoms with Crippen molar-refractivity contribution >= 4 is 21.7 Å². The van der Waals surface area contributed by atoms with Crippen LogP contribution in [-0.4, -0.2) is 9.97 Å². The van der Waals surface area contributed by atoms with Crippen LogP contribution in [0.3, 0.4) is 0 Å². The van der Waals surface area contributed by atoms with E-state index in [-0.39, 0.29) is 5.69 Å². The van der Waals surface area contributed by atoms with E-state index in [1.807, 2.05) is 31.2 Å². The first-order valence-electron chi connectivity index (χ1n) is 5.59. The van der Waals surface area contributed by atoms with E-state index >= 15 is 0 Å². The molecular weight excluding hydrogens is 308 g/mol. The Balaban J connectivity index is 2.19. The maximum Gasteiger partial charge on any atom is 0.347 e. The molecule has 1 heterocycles. The summed E-state index contributed by atoms with van der Waals surface area (Å²) >= 11 is 3.42. The number of aryl methyl sites for hydroxylation is 1. The lowest BCUT2D eigenvalue weighted by atomic mass is 10.1. The topological polar surface area (TPSA) is 81.6 Å². The molecule has 5 nitrogen and oxygen atoms in total. The van der Waals surface area contributed by atoms with Gasteiger partial charge in [0.15, 0.2) is 0 Å². The van der Waals surface area contributed by atoms with Crippen LogP contribution in [0, 0.1) is 18.3 Å². The van der Waals surface area contributed by atoms with Crippen LogP contribution in [0.1, 0.15) is 16.8 Å². The van der Waals surface area contributed by atoms with Crippen molar-refractivity contribution in [3.63, 3.8) is 0 Å². The van der Waals surface area contributed by atoms with Gasteiger partial charge in [-0.25, -0.2) is 4.79 Å². The highest BCUT2D eigenvalue weighted by Gasteiger charge is 2.02. The number of aromatic nitrogens is 2. The van der Waals surface area contributed by atoms with Crippen LogP contribution in [0.4, 0.5) is 5.82 Å². The van der Waals surface area contributed by atoms with Crippen molar-refractivity contribution < 1.29 is 0 Å². The zero-order chi connectivity index (χ0) is 13.8. The van der Waals surface area contributed by atoms with E-state index in [2.05, 4.69) is 31.2 Å². The zero-order valence-electron chi connectivity index (χ0n) is 10.2. The van der Waals surface area contributed by atoms with Gasteiger partial charge in [-0.05, 0) is 30.2 Å². The maximum absolute atomic E-state index is 11.2. The fourth-order valence-electron chi connectivity index (χ4n) is 1.62. The molecule has 1 aromatic heterocycles. The Bertz CT molecular complexity index is 703. The minimum Gasteiger partial charge on any atom is -0.366 e. The number of nitrogens with zero attached hydrogens (tertiary/aromatic N) is 2. The number of halogens is 1. The SMILES string of the molecule is Cc1ccc(Br)cc1CNc1cc(C#N)[nH]c(=O)n1.